The minimum absolute atomic E-state index is 0.0163. The summed E-state index contributed by atoms with van der Waals surface area (Å²) in [6, 6.07) is 12.9. The van der Waals surface area contributed by atoms with E-state index in [1.807, 2.05) is 37.3 Å². The lowest BCUT2D eigenvalue weighted by Crippen LogP contribution is -2.46. The Morgan fingerprint density at radius 3 is 2.64 bits per heavy atom. The maximum Gasteiger partial charge on any atom is 0.265 e. The van der Waals surface area contributed by atoms with Gasteiger partial charge in [-0.05, 0) is 36.8 Å². The summed E-state index contributed by atoms with van der Waals surface area (Å²) in [6.07, 6.45) is 0. The molecule has 4 rings (SSSR count). The van der Waals surface area contributed by atoms with Gasteiger partial charge in [-0.1, -0.05) is 18.2 Å². The van der Waals surface area contributed by atoms with Crippen molar-refractivity contribution < 1.29 is 23.8 Å². The molecule has 0 saturated carbocycles. The molecule has 7 heteroatoms. The number of ether oxygens (including phenoxy) is 3. The maximum absolute atomic E-state index is 12.9. The molecule has 2 heterocycles. The fraction of sp³-hybridized carbons (Fsp3) is 0.333. The van der Waals surface area contributed by atoms with Gasteiger partial charge in [0.2, 0.25) is 5.91 Å². The van der Waals surface area contributed by atoms with Gasteiger partial charge in [-0.3, -0.25) is 14.5 Å². The third-order valence-corrected chi connectivity index (χ3v) is 4.82. The maximum atomic E-state index is 12.9. The minimum Gasteiger partial charge on any atom is -0.486 e. The molecule has 0 bridgehead atoms. The van der Waals surface area contributed by atoms with E-state index in [2.05, 4.69) is 0 Å². The van der Waals surface area contributed by atoms with Gasteiger partial charge in [0.15, 0.2) is 18.1 Å². The van der Waals surface area contributed by atoms with Crippen molar-refractivity contribution in [3.63, 3.8) is 0 Å². The van der Waals surface area contributed by atoms with Crippen molar-refractivity contribution >= 4 is 17.5 Å². The van der Waals surface area contributed by atoms with Crippen molar-refractivity contribution in [3.05, 3.63) is 48.0 Å². The molecule has 2 aliphatic rings. The van der Waals surface area contributed by atoms with Crippen molar-refractivity contribution in [1.82, 2.24) is 4.90 Å². The second-order valence-corrected chi connectivity index (χ2v) is 6.62. The van der Waals surface area contributed by atoms with E-state index in [9.17, 15) is 9.59 Å². The Bertz CT molecular complexity index is 898. The molecule has 2 aromatic carbocycles. The van der Waals surface area contributed by atoms with Crippen LogP contribution < -0.4 is 19.1 Å². The Balaban J connectivity index is 1.48. The molecular weight excluding hydrogens is 360 g/mol. The Hall–Kier alpha value is -3.22. The van der Waals surface area contributed by atoms with Gasteiger partial charge in [0, 0.05) is 13.1 Å². The lowest BCUT2D eigenvalue weighted by Gasteiger charge is -2.31. The van der Waals surface area contributed by atoms with Gasteiger partial charge in [-0.25, -0.2) is 0 Å². The number of benzene rings is 2. The van der Waals surface area contributed by atoms with Crippen LogP contribution >= 0.6 is 0 Å². The molecule has 0 atom stereocenters. The Kier molecular flexibility index (Phi) is 5.06. The molecule has 0 aliphatic carbocycles. The molecule has 0 N–H and O–H groups in total. The summed E-state index contributed by atoms with van der Waals surface area (Å²) in [6.45, 7) is 3.88. The number of nitrogens with zero attached hydrogens (tertiary/aromatic N) is 2. The number of amides is 2. The van der Waals surface area contributed by atoms with Gasteiger partial charge in [0.1, 0.15) is 25.5 Å². The zero-order chi connectivity index (χ0) is 19.5. The number of rotatable bonds is 5. The number of anilines is 1. The van der Waals surface area contributed by atoms with Crippen molar-refractivity contribution in [1.29, 1.82) is 0 Å². The van der Waals surface area contributed by atoms with E-state index in [0.717, 1.165) is 11.3 Å². The van der Waals surface area contributed by atoms with Crippen molar-refractivity contribution in [2.24, 2.45) is 0 Å². The molecule has 7 nitrogen and oxygen atoms in total. The van der Waals surface area contributed by atoms with Crippen molar-refractivity contribution in [3.8, 4) is 17.2 Å². The van der Waals surface area contributed by atoms with E-state index >= 15 is 0 Å². The predicted octanol–water partition coefficient (Wildman–Crippen LogP) is 2.23. The van der Waals surface area contributed by atoms with Gasteiger partial charge < -0.3 is 19.1 Å². The molecule has 0 unspecified atom stereocenters. The second kappa shape index (κ2) is 7.80. The summed E-state index contributed by atoms with van der Waals surface area (Å²) in [7, 11) is 0. The largest absolute Gasteiger partial charge is 0.486 e. The summed E-state index contributed by atoms with van der Waals surface area (Å²) in [5, 5.41) is 0. The predicted molar refractivity (Wildman–Crippen MR) is 103 cm³/mol. The van der Waals surface area contributed by atoms with E-state index in [0.29, 0.717) is 43.5 Å². The van der Waals surface area contributed by atoms with Gasteiger partial charge in [-0.15, -0.1) is 0 Å². The first-order valence-electron chi connectivity index (χ1n) is 9.34. The Morgan fingerprint density at radius 2 is 1.82 bits per heavy atom. The van der Waals surface area contributed by atoms with Crippen LogP contribution in [0.15, 0.2) is 42.5 Å². The molecule has 2 aromatic rings. The summed E-state index contributed by atoms with van der Waals surface area (Å²) < 4.78 is 16.6. The molecule has 0 spiro atoms. The van der Waals surface area contributed by atoms with Crippen LogP contribution in [0.1, 0.15) is 12.5 Å². The fourth-order valence-corrected chi connectivity index (χ4v) is 3.35. The topological polar surface area (TPSA) is 68.3 Å². The number of hydrogen-bond donors (Lipinski definition) is 0. The van der Waals surface area contributed by atoms with Crippen LogP contribution in [0.5, 0.6) is 17.2 Å². The highest BCUT2D eigenvalue weighted by molar-refractivity contribution is 6.02. The molecule has 2 amide bonds. The van der Waals surface area contributed by atoms with Crippen LogP contribution in [0.3, 0.4) is 0 Å². The molecule has 146 valence electrons. The summed E-state index contributed by atoms with van der Waals surface area (Å²) in [4.78, 5) is 28.5. The van der Waals surface area contributed by atoms with E-state index in [4.69, 9.17) is 14.2 Å². The molecular formula is C21H22N2O5. The summed E-state index contributed by atoms with van der Waals surface area (Å²) >= 11 is 0. The molecule has 0 fully saturated rings. The first-order valence-corrected chi connectivity index (χ1v) is 9.34. The molecule has 0 saturated heterocycles. The van der Waals surface area contributed by atoms with E-state index in [1.54, 1.807) is 17.0 Å². The number of fused-ring (bicyclic) bond motifs is 2. The lowest BCUT2D eigenvalue weighted by atomic mass is 10.1. The van der Waals surface area contributed by atoms with Gasteiger partial charge in [0.05, 0.1) is 5.69 Å². The second-order valence-electron chi connectivity index (χ2n) is 6.62. The van der Waals surface area contributed by atoms with Crippen LogP contribution in [0.2, 0.25) is 0 Å². The van der Waals surface area contributed by atoms with E-state index < -0.39 is 0 Å². The van der Waals surface area contributed by atoms with Gasteiger partial charge >= 0.3 is 0 Å². The molecule has 28 heavy (non-hydrogen) atoms. The van der Waals surface area contributed by atoms with E-state index in [1.165, 1.54) is 4.90 Å². The number of para-hydroxylation sites is 2. The van der Waals surface area contributed by atoms with Crippen LogP contribution in [0.25, 0.3) is 0 Å². The lowest BCUT2D eigenvalue weighted by molar-refractivity contribution is -0.132. The quantitative estimate of drug-likeness (QED) is 0.793. The monoisotopic (exact) mass is 382 g/mol. The minimum atomic E-state index is -0.220. The van der Waals surface area contributed by atoms with Crippen LogP contribution in [-0.4, -0.2) is 49.6 Å². The first kappa shape index (κ1) is 18.2. The molecule has 0 aromatic heterocycles. The SMILES string of the molecule is CCN(Cc1ccc2c(c1)OCCO2)C(=O)CN1C(=O)COc2ccccc21. The Morgan fingerprint density at radius 1 is 1.04 bits per heavy atom. The average molecular weight is 382 g/mol. The third kappa shape index (κ3) is 3.60. The highest BCUT2D eigenvalue weighted by Crippen LogP contribution is 2.32. The van der Waals surface area contributed by atoms with Crippen molar-refractivity contribution in [2.45, 2.75) is 13.5 Å². The van der Waals surface area contributed by atoms with Crippen molar-refractivity contribution in [2.75, 3.05) is 37.8 Å². The standard InChI is InChI=1S/C21H22N2O5/c1-2-22(12-15-7-8-18-19(11-15)27-10-9-26-18)20(24)13-23-16-5-3-4-6-17(16)28-14-21(23)25/h3-8,11H,2,9-10,12-14H2,1H3. The van der Waals surface area contributed by atoms with Gasteiger partial charge in [-0.2, -0.15) is 0 Å². The van der Waals surface area contributed by atoms with Crippen LogP contribution in [0.4, 0.5) is 5.69 Å². The zero-order valence-corrected chi connectivity index (χ0v) is 15.7. The fourth-order valence-electron chi connectivity index (χ4n) is 3.35. The zero-order valence-electron chi connectivity index (χ0n) is 15.7. The number of carbonyl (C=O) groups is 2. The molecule has 2 aliphatic heterocycles. The number of hydrogen-bond acceptors (Lipinski definition) is 5. The van der Waals surface area contributed by atoms with E-state index in [-0.39, 0.29) is 25.0 Å². The average Bonchev–Trinajstić information content (AvgIpc) is 2.73. The highest BCUT2D eigenvalue weighted by atomic mass is 16.6. The van der Waals surface area contributed by atoms with Crippen LogP contribution in [0, 0.1) is 0 Å². The van der Waals surface area contributed by atoms with Crippen LogP contribution in [-0.2, 0) is 16.1 Å². The third-order valence-electron chi connectivity index (χ3n) is 4.82. The smallest absolute Gasteiger partial charge is 0.265 e. The Labute approximate surface area is 163 Å². The van der Waals surface area contributed by atoms with Gasteiger partial charge in [0.25, 0.3) is 5.91 Å². The summed E-state index contributed by atoms with van der Waals surface area (Å²) in [5.41, 5.74) is 1.58. The number of carbonyl (C=O) groups excluding carboxylic acids is 2. The first-order chi connectivity index (χ1) is 13.7. The normalized spacial score (nSPS) is 14.9. The summed E-state index contributed by atoms with van der Waals surface area (Å²) in [5.74, 6) is 1.69. The molecule has 0 radical (unpaired) electrons. The number of likely N-dealkylation sites (N-methyl/N-ethyl adjacent to an activating group) is 1. The highest BCUT2D eigenvalue weighted by Gasteiger charge is 2.28.